The van der Waals surface area contributed by atoms with E-state index in [2.05, 4.69) is 10.4 Å². The highest BCUT2D eigenvalue weighted by Crippen LogP contribution is 2.24. The van der Waals surface area contributed by atoms with Crippen LogP contribution >= 0.6 is 23.2 Å². The number of rotatable bonds is 4. The highest BCUT2D eigenvalue weighted by Gasteiger charge is 2.07. The summed E-state index contributed by atoms with van der Waals surface area (Å²) in [4.78, 5) is 11.8. The summed E-state index contributed by atoms with van der Waals surface area (Å²) >= 11 is 11.7. The lowest BCUT2D eigenvalue weighted by atomic mass is 10.2. The molecule has 5 nitrogen and oxygen atoms in total. The van der Waals surface area contributed by atoms with E-state index < -0.39 is 0 Å². The molecule has 1 aromatic heterocycles. The van der Waals surface area contributed by atoms with Gasteiger partial charge in [0.05, 0.1) is 21.9 Å². The molecule has 7 heteroatoms. The Bertz CT molecular complexity index is 597. The maximum absolute atomic E-state index is 11.8. The van der Waals surface area contributed by atoms with Crippen LogP contribution in [0.4, 0.5) is 11.4 Å². The molecule has 0 spiro atoms. The van der Waals surface area contributed by atoms with Gasteiger partial charge in [0.1, 0.15) is 0 Å². The first-order valence-electron chi connectivity index (χ1n) is 5.57. The Morgan fingerprint density at radius 3 is 2.84 bits per heavy atom. The molecule has 0 aliphatic heterocycles. The van der Waals surface area contributed by atoms with Gasteiger partial charge in [-0.3, -0.25) is 9.48 Å². The zero-order valence-corrected chi connectivity index (χ0v) is 11.4. The first-order valence-corrected chi connectivity index (χ1v) is 6.33. The number of hydrogen-bond acceptors (Lipinski definition) is 3. The topological polar surface area (TPSA) is 72.9 Å². The monoisotopic (exact) mass is 298 g/mol. The second-order valence-corrected chi connectivity index (χ2v) is 4.80. The van der Waals surface area contributed by atoms with Crippen molar-refractivity contribution >= 4 is 40.5 Å². The molecule has 0 atom stereocenters. The fourth-order valence-electron chi connectivity index (χ4n) is 1.52. The van der Waals surface area contributed by atoms with Crippen LogP contribution in [0.2, 0.25) is 10.0 Å². The second kappa shape index (κ2) is 5.95. The Hall–Kier alpha value is -1.72. The summed E-state index contributed by atoms with van der Waals surface area (Å²) in [5.41, 5.74) is 6.67. The van der Waals surface area contributed by atoms with Gasteiger partial charge in [-0.05, 0) is 18.2 Å². The highest BCUT2D eigenvalue weighted by atomic mass is 35.5. The van der Waals surface area contributed by atoms with Gasteiger partial charge in [-0.2, -0.15) is 5.10 Å². The molecule has 0 saturated heterocycles. The van der Waals surface area contributed by atoms with E-state index in [4.69, 9.17) is 28.9 Å². The van der Waals surface area contributed by atoms with Crippen molar-refractivity contribution in [2.75, 3.05) is 11.1 Å². The van der Waals surface area contributed by atoms with Gasteiger partial charge in [0, 0.05) is 24.8 Å². The van der Waals surface area contributed by atoms with Crippen molar-refractivity contribution in [1.29, 1.82) is 0 Å². The average Bonchev–Trinajstić information content (AvgIpc) is 2.76. The van der Waals surface area contributed by atoms with Gasteiger partial charge in [0.15, 0.2) is 0 Å². The summed E-state index contributed by atoms with van der Waals surface area (Å²) in [5.74, 6) is -0.154. The maximum Gasteiger partial charge on any atom is 0.226 e. The molecule has 19 heavy (non-hydrogen) atoms. The smallest absolute Gasteiger partial charge is 0.226 e. The maximum atomic E-state index is 11.8. The Morgan fingerprint density at radius 1 is 1.42 bits per heavy atom. The van der Waals surface area contributed by atoms with Crippen LogP contribution in [0.1, 0.15) is 6.42 Å². The molecule has 100 valence electrons. The average molecular weight is 299 g/mol. The standard InChI is InChI=1S/C12H12Cl2N4O/c13-8-6-16-18(7-8)4-3-12(19)17-11-2-1-9(15)5-10(11)14/h1-2,5-7H,3-4,15H2,(H,17,19). The summed E-state index contributed by atoms with van der Waals surface area (Å²) < 4.78 is 1.60. The number of nitrogens with one attached hydrogen (secondary N) is 1. The largest absolute Gasteiger partial charge is 0.399 e. The molecular formula is C12H12Cl2N4O. The zero-order chi connectivity index (χ0) is 13.8. The van der Waals surface area contributed by atoms with Crippen molar-refractivity contribution in [3.63, 3.8) is 0 Å². The number of carbonyl (C=O) groups excluding carboxylic acids is 1. The summed E-state index contributed by atoms with van der Waals surface area (Å²) in [6.07, 6.45) is 3.46. The molecule has 1 amide bonds. The number of benzene rings is 1. The van der Waals surface area contributed by atoms with E-state index in [0.717, 1.165) is 0 Å². The fraction of sp³-hybridized carbons (Fsp3) is 0.167. The number of aromatic nitrogens is 2. The van der Waals surface area contributed by atoms with Crippen LogP contribution in [-0.2, 0) is 11.3 Å². The van der Waals surface area contributed by atoms with Crippen LogP contribution in [0.25, 0.3) is 0 Å². The summed E-state index contributed by atoms with van der Waals surface area (Å²) in [7, 11) is 0. The predicted molar refractivity (Wildman–Crippen MR) is 76.3 cm³/mol. The van der Waals surface area contributed by atoms with Gasteiger partial charge in [-0.25, -0.2) is 0 Å². The van der Waals surface area contributed by atoms with Gasteiger partial charge in [-0.1, -0.05) is 23.2 Å². The number of halogens is 2. The molecule has 3 N–H and O–H groups in total. The van der Waals surface area contributed by atoms with Crippen LogP contribution < -0.4 is 11.1 Å². The molecule has 0 aliphatic rings. The number of nitrogens with two attached hydrogens (primary N) is 1. The predicted octanol–water partition coefficient (Wildman–Crippen LogP) is 2.80. The summed E-state index contributed by atoms with van der Waals surface area (Å²) in [6.45, 7) is 0.450. The van der Waals surface area contributed by atoms with E-state index in [0.29, 0.717) is 28.0 Å². The third-order valence-electron chi connectivity index (χ3n) is 2.44. The van der Waals surface area contributed by atoms with Crippen molar-refractivity contribution in [2.45, 2.75) is 13.0 Å². The minimum atomic E-state index is -0.154. The molecule has 0 aliphatic carbocycles. The quantitative estimate of drug-likeness (QED) is 0.853. The Labute approximate surface area is 120 Å². The Kier molecular flexibility index (Phi) is 4.29. The summed E-state index contributed by atoms with van der Waals surface area (Å²) in [6, 6.07) is 4.93. The van der Waals surface area contributed by atoms with Crippen LogP contribution in [0.3, 0.4) is 0 Å². The number of aryl methyl sites for hydroxylation is 1. The third-order valence-corrected chi connectivity index (χ3v) is 2.94. The highest BCUT2D eigenvalue weighted by molar-refractivity contribution is 6.34. The molecule has 0 unspecified atom stereocenters. The SMILES string of the molecule is Nc1ccc(NC(=O)CCn2cc(Cl)cn2)c(Cl)c1. The van der Waals surface area contributed by atoms with Crippen LogP contribution in [-0.4, -0.2) is 15.7 Å². The van der Waals surface area contributed by atoms with Gasteiger partial charge < -0.3 is 11.1 Å². The number of amides is 1. The van der Waals surface area contributed by atoms with E-state index in [1.807, 2.05) is 0 Å². The lowest BCUT2D eigenvalue weighted by molar-refractivity contribution is -0.116. The Morgan fingerprint density at radius 2 is 2.21 bits per heavy atom. The summed E-state index contributed by atoms with van der Waals surface area (Å²) in [5, 5.41) is 7.66. The molecule has 1 heterocycles. The number of carbonyl (C=O) groups is 1. The van der Waals surface area contributed by atoms with Crippen molar-refractivity contribution in [3.05, 3.63) is 40.6 Å². The van der Waals surface area contributed by atoms with Crippen molar-refractivity contribution in [1.82, 2.24) is 9.78 Å². The van der Waals surface area contributed by atoms with E-state index in [9.17, 15) is 4.79 Å². The molecule has 0 fully saturated rings. The molecule has 2 rings (SSSR count). The van der Waals surface area contributed by atoms with Crippen LogP contribution in [0.15, 0.2) is 30.6 Å². The number of nitrogen functional groups attached to an aromatic ring is 1. The minimum absolute atomic E-state index is 0.154. The molecule has 0 radical (unpaired) electrons. The third kappa shape index (κ3) is 3.87. The lowest BCUT2D eigenvalue weighted by Crippen LogP contribution is -2.15. The van der Waals surface area contributed by atoms with Gasteiger partial charge in [-0.15, -0.1) is 0 Å². The second-order valence-electron chi connectivity index (χ2n) is 3.96. The molecular weight excluding hydrogens is 287 g/mol. The number of hydrogen-bond donors (Lipinski definition) is 2. The number of anilines is 2. The Balaban J connectivity index is 1.90. The van der Waals surface area contributed by atoms with Crippen molar-refractivity contribution < 1.29 is 4.79 Å². The van der Waals surface area contributed by atoms with E-state index in [1.165, 1.54) is 6.20 Å². The van der Waals surface area contributed by atoms with Crippen LogP contribution in [0.5, 0.6) is 0 Å². The minimum Gasteiger partial charge on any atom is -0.399 e. The van der Waals surface area contributed by atoms with Crippen molar-refractivity contribution in [3.8, 4) is 0 Å². The zero-order valence-electron chi connectivity index (χ0n) is 9.94. The van der Waals surface area contributed by atoms with Gasteiger partial charge in [0.25, 0.3) is 0 Å². The molecule has 1 aromatic carbocycles. The lowest BCUT2D eigenvalue weighted by Gasteiger charge is -2.07. The van der Waals surface area contributed by atoms with Crippen LogP contribution in [0, 0.1) is 0 Å². The van der Waals surface area contributed by atoms with Crippen molar-refractivity contribution in [2.24, 2.45) is 0 Å². The molecule has 0 bridgehead atoms. The number of nitrogens with zero attached hydrogens (tertiary/aromatic N) is 2. The van der Waals surface area contributed by atoms with Gasteiger partial charge in [0.2, 0.25) is 5.91 Å². The first-order chi connectivity index (χ1) is 9.04. The molecule has 0 saturated carbocycles. The normalized spacial score (nSPS) is 10.4. The van der Waals surface area contributed by atoms with E-state index >= 15 is 0 Å². The first kappa shape index (κ1) is 13.7. The van der Waals surface area contributed by atoms with E-state index in [1.54, 1.807) is 29.1 Å². The van der Waals surface area contributed by atoms with E-state index in [-0.39, 0.29) is 12.3 Å². The van der Waals surface area contributed by atoms with Gasteiger partial charge >= 0.3 is 0 Å². The molecule has 2 aromatic rings. The fourth-order valence-corrected chi connectivity index (χ4v) is 1.91.